The van der Waals surface area contributed by atoms with E-state index < -0.39 is 11.6 Å². The number of carbonyl (C=O) groups excluding carboxylic acids is 4. The van der Waals surface area contributed by atoms with Crippen LogP contribution in [0.25, 0.3) is 0 Å². The van der Waals surface area contributed by atoms with E-state index in [1.165, 1.54) is 17.1 Å². The van der Waals surface area contributed by atoms with Gasteiger partial charge in [0.05, 0.1) is 6.04 Å². The standard InChI is InChI=1S/C19H30N2O4/c1-14(2)15(13-22)21(19(3,4)5)18(25)9-7-6-8-12-20-16(23)10-11-17(20)24/h10-11,13-15H,6-9,12H2,1-5H3/t15-/m1/s1. The number of imide groups is 1. The Balaban J connectivity index is 2.48. The Morgan fingerprint density at radius 1 is 1.12 bits per heavy atom. The van der Waals surface area contributed by atoms with Crippen LogP contribution in [0.5, 0.6) is 0 Å². The van der Waals surface area contributed by atoms with Gasteiger partial charge in [0.1, 0.15) is 6.29 Å². The molecule has 0 aromatic heterocycles. The SMILES string of the molecule is CC(C)[C@@H](C=O)N(C(=O)CCCCCN1C(=O)C=CC1=O)C(C)(C)C. The summed E-state index contributed by atoms with van der Waals surface area (Å²) in [7, 11) is 0. The van der Waals surface area contributed by atoms with Gasteiger partial charge < -0.3 is 9.69 Å². The van der Waals surface area contributed by atoms with Crippen LogP contribution in [0.1, 0.15) is 60.3 Å². The average Bonchev–Trinajstić information content (AvgIpc) is 2.81. The highest BCUT2D eigenvalue weighted by Gasteiger charge is 2.34. The van der Waals surface area contributed by atoms with Gasteiger partial charge in [0.25, 0.3) is 11.8 Å². The van der Waals surface area contributed by atoms with Gasteiger partial charge in [-0.3, -0.25) is 19.3 Å². The highest BCUT2D eigenvalue weighted by atomic mass is 16.2. The third-order valence-corrected chi connectivity index (χ3v) is 4.28. The van der Waals surface area contributed by atoms with Gasteiger partial charge in [-0.25, -0.2) is 0 Å². The molecule has 0 unspecified atom stereocenters. The van der Waals surface area contributed by atoms with Crippen molar-refractivity contribution in [3.63, 3.8) is 0 Å². The maximum absolute atomic E-state index is 12.7. The Morgan fingerprint density at radius 2 is 1.68 bits per heavy atom. The fraction of sp³-hybridized carbons (Fsp3) is 0.684. The summed E-state index contributed by atoms with van der Waals surface area (Å²) in [6, 6.07) is -0.432. The normalized spacial score (nSPS) is 15.8. The number of aldehydes is 1. The highest BCUT2D eigenvalue weighted by Crippen LogP contribution is 2.23. The minimum absolute atomic E-state index is 0.0340. The zero-order valence-corrected chi connectivity index (χ0v) is 15.9. The Kier molecular flexibility index (Phi) is 7.52. The monoisotopic (exact) mass is 350 g/mol. The number of carbonyl (C=O) groups is 4. The third kappa shape index (κ3) is 5.80. The summed E-state index contributed by atoms with van der Waals surface area (Å²) in [6.45, 7) is 10.0. The molecule has 0 aliphatic carbocycles. The molecule has 0 aromatic rings. The Hall–Kier alpha value is -1.98. The molecule has 25 heavy (non-hydrogen) atoms. The molecule has 1 aliphatic heterocycles. The van der Waals surface area contributed by atoms with Gasteiger partial charge in [-0.05, 0) is 39.5 Å². The first-order valence-electron chi connectivity index (χ1n) is 8.90. The van der Waals surface area contributed by atoms with Crippen LogP contribution in [-0.2, 0) is 19.2 Å². The lowest BCUT2D eigenvalue weighted by Crippen LogP contribution is -2.54. The smallest absolute Gasteiger partial charge is 0.253 e. The predicted molar refractivity (Wildman–Crippen MR) is 95.6 cm³/mol. The van der Waals surface area contributed by atoms with Crippen LogP contribution >= 0.6 is 0 Å². The molecule has 0 bridgehead atoms. The Bertz CT molecular complexity index is 528. The number of unbranched alkanes of at least 4 members (excludes halogenated alkanes) is 2. The van der Waals surface area contributed by atoms with Crippen molar-refractivity contribution in [1.29, 1.82) is 0 Å². The van der Waals surface area contributed by atoms with E-state index in [1.54, 1.807) is 4.90 Å². The summed E-state index contributed by atoms with van der Waals surface area (Å²) in [5.74, 6) is -0.523. The van der Waals surface area contributed by atoms with Crippen molar-refractivity contribution < 1.29 is 19.2 Å². The van der Waals surface area contributed by atoms with Crippen LogP contribution in [0.15, 0.2) is 12.2 Å². The fourth-order valence-electron chi connectivity index (χ4n) is 3.00. The van der Waals surface area contributed by atoms with Crippen molar-refractivity contribution in [2.45, 2.75) is 71.9 Å². The Morgan fingerprint density at radius 3 is 2.12 bits per heavy atom. The summed E-state index contributed by atoms with van der Waals surface area (Å²) >= 11 is 0. The number of nitrogens with zero attached hydrogens (tertiary/aromatic N) is 2. The zero-order valence-electron chi connectivity index (χ0n) is 15.9. The zero-order chi connectivity index (χ0) is 19.2. The van der Waals surface area contributed by atoms with E-state index in [0.717, 1.165) is 12.7 Å². The molecule has 1 aliphatic rings. The molecule has 6 nitrogen and oxygen atoms in total. The van der Waals surface area contributed by atoms with Gasteiger partial charge in [0.2, 0.25) is 5.91 Å². The molecule has 1 rings (SSSR count). The molecule has 0 N–H and O–H groups in total. The van der Waals surface area contributed by atoms with Crippen molar-refractivity contribution in [3.8, 4) is 0 Å². The first kappa shape index (κ1) is 21.1. The summed E-state index contributed by atoms with van der Waals surface area (Å²) in [5, 5.41) is 0. The largest absolute Gasteiger partial charge is 0.328 e. The maximum atomic E-state index is 12.7. The lowest BCUT2D eigenvalue weighted by atomic mass is 9.95. The molecule has 0 fully saturated rings. The van der Waals surface area contributed by atoms with Crippen molar-refractivity contribution >= 4 is 24.0 Å². The number of hydrogen-bond acceptors (Lipinski definition) is 4. The molecule has 0 aromatic carbocycles. The molecular weight excluding hydrogens is 320 g/mol. The molecule has 0 radical (unpaired) electrons. The van der Waals surface area contributed by atoms with Gasteiger partial charge in [-0.2, -0.15) is 0 Å². The van der Waals surface area contributed by atoms with Crippen molar-refractivity contribution in [2.24, 2.45) is 5.92 Å². The molecule has 140 valence electrons. The average molecular weight is 350 g/mol. The van der Waals surface area contributed by atoms with E-state index in [9.17, 15) is 19.2 Å². The second-order valence-electron chi connectivity index (χ2n) is 7.78. The first-order valence-corrected chi connectivity index (χ1v) is 8.90. The second-order valence-corrected chi connectivity index (χ2v) is 7.78. The van der Waals surface area contributed by atoms with Gasteiger partial charge in [0.15, 0.2) is 0 Å². The maximum Gasteiger partial charge on any atom is 0.253 e. The third-order valence-electron chi connectivity index (χ3n) is 4.28. The predicted octanol–water partition coefficient (Wildman–Crippen LogP) is 2.32. The first-order chi connectivity index (χ1) is 11.6. The van der Waals surface area contributed by atoms with E-state index in [-0.39, 0.29) is 23.6 Å². The molecule has 0 spiro atoms. The van der Waals surface area contributed by atoms with Crippen LogP contribution in [0.3, 0.4) is 0 Å². The van der Waals surface area contributed by atoms with Crippen molar-refractivity contribution in [3.05, 3.63) is 12.2 Å². The van der Waals surface area contributed by atoms with Gasteiger partial charge in [0, 0.05) is 30.7 Å². The van der Waals surface area contributed by atoms with Crippen LogP contribution in [0.4, 0.5) is 0 Å². The highest BCUT2D eigenvalue weighted by molar-refractivity contribution is 6.12. The topological polar surface area (TPSA) is 74.8 Å². The molecule has 0 saturated heterocycles. The van der Waals surface area contributed by atoms with Crippen LogP contribution in [0.2, 0.25) is 0 Å². The summed E-state index contributed by atoms with van der Waals surface area (Å²) in [5.41, 5.74) is -0.424. The van der Waals surface area contributed by atoms with E-state index in [1.807, 2.05) is 34.6 Å². The second kappa shape index (κ2) is 8.92. The van der Waals surface area contributed by atoms with E-state index >= 15 is 0 Å². The molecule has 1 heterocycles. The minimum Gasteiger partial charge on any atom is -0.328 e. The lowest BCUT2D eigenvalue weighted by molar-refractivity contribution is -0.144. The van der Waals surface area contributed by atoms with E-state index in [4.69, 9.17) is 0 Å². The van der Waals surface area contributed by atoms with Gasteiger partial charge in [-0.1, -0.05) is 20.3 Å². The minimum atomic E-state index is -0.432. The van der Waals surface area contributed by atoms with Gasteiger partial charge in [-0.15, -0.1) is 0 Å². The van der Waals surface area contributed by atoms with Crippen molar-refractivity contribution in [2.75, 3.05) is 6.54 Å². The summed E-state index contributed by atoms with van der Waals surface area (Å²) in [4.78, 5) is 49.9. The molecule has 6 heteroatoms. The number of hydrogen-bond donors (Lipinski definition) is 0. The Labute approximate surface area is 150 Å². The van der Waals surface area contributed by atoms with Crippen LogP contribution in [-0.4, -0.2) is 51.9 Å². The van der Waals surface area contributed by atoms with Crippen LogP contribution < -0.4 is 0 Å². The molecule has 1 atom stereocenters. The van der Waals surface area contributed by atoms with Gasteiger partial charge >= 0.3 is 0 Å². The molecule has 0 saturated carbocycles. The molecular formula is C19H30N2O4. The number of amides is 3. The number of rotatable bonds is 9. The summed E-state index contributed by atoms with van der Waals surface area (Å²) in [6.07, 6.45) is 5.84. The van der Waals surface area contributed by atoms with E-state index in [0.29, 0.717) is 25.8 Å². The quantitative estimate of drug-likeness (QED) is 0.363. The summed E-state index contributed by atoms with van der Waals surface area (Å²) < 4.78 is 0. The molecule has 3 amide bonds. The lowest BCUT2D eigenvalue weighted by Gasteiger charge is -2.41. The van der Waals surface area contributed by atoms with Crippen molar-refractivity contribution in [1.82, 2.24) is 9.80 Å². The fourth-order valence-corrected chi connectivity index (χ4v) is 3.00. The van der Waals surface area contributed by atoms with Crippen LogP contribution in [0, 0.1) is 5.92 Å². The van der Waals surface area contributed by atoms with E-state index in [2.05, 4.69) is 0 Å².